The molecule has 0 saturated carbocycles. The number of hydrogen-bond acceptors (Lipinski definition) is 4. The van der Waals surface area contributed by atoms with Crippen LogP contribution >= 0.6 is 15.9 Å². The van der Waals surface area contributed by atoms with Gasteiger partial charge in [0, 0.05) is 29.7 Å². The second-order valence-corrected chi connectivity index (χ2v) is 8.03. The van der Waals surface area contributed by atoms with Gasteiger partial charge in [-0.3, -0.25) is 14.4 Å². The van der Waals surface area contributed by atoms with Crippen LogP contribution in [-0.2, 0) is 25.7 Å². The molecule has 1 fully saturated rings. The predicted molar refractivity (Wildman–Crippen MR) is 113 cm³/mol. The number of anilines is 1. The first-order valence-corrected chi connectivity index (χ1v) is 10.2. The molecule has 0 spiro atoms. The summed E-state index contributed by atoms with van der Waals surface area (Å²) in [4.78, 5) is 38.3. The van der Waals surface area contributed by atoms with Crippen molar-refractivity contribution in [3.8, 4) is 0 Å². The fraction of sp³-hybridized carbons (Fsp3) is 0.318. The zero-order valence-corrected chi connectivity index (χ0v) is 18.0. The molecule has 6 nitrogen and oxygen atoms in total. The quantitative estimate of drug-likeness (QED) is 0.670. The minimum atomic E-state index is -0.545. The molecule has 2 aromatic carbocycles. The molecule has 2 aromatic rings. The van der Waals surface area contributed by atoms with Gasteiger partial charge in [-0.25, -0.2) is 0 Å². The van der Waals surface area contributed by atoms with Crippen LogP contribution in [0.1, 0.15) is 23.1 Å². The van der Waals surface area contributed by atoms with E-state index in [4.69, 9.17) is 4.74 Å². The number of benzene rings is 2. The van der Waals surface area contributed by atoms with E-state index in [1.54, 1.807) is 4.90 Å². The molecule has 7 heteroatoms. The smallest absolute Gasteiger partial charge is 0.311 e. The summed E-state index contributed by atoms with van der Waals surface area (Å²) < 4.78 is 6.15. The van der Waals surface area contributed by atoms with Gasteiger partial charge in [0.25, 0.3) is 5.91 Å². The molecule has 152 valence electrons. The van der Waals surface area contributed by atoms with E-state index in [0.717, 1.165) is 21.2 Å². The van der Waals surface area contributed by atoms with Crippen LogP contribution in [0.2, 0.25) is 0 Å². The van der Waals surface area contributed by atoms with Gasteiger partial charge in [-0.2, -0.15) is 0 Å². The Balaban J connectivity index is 1.49. The summed E-state index contributed by atoms with van der Waals surface area (Å²) in [7, 11) is 0. The van der Waals surface area contributed by atoms with Crippen molar-refractivity contribution in [2.75, 3.05) is 18.5 Å². The number of rotatable bonds is 6. The molecule has 1 saturated heterocycles. The SMILES string of the molecule is Cc1cc(NC(=O)COC(=O)[C@H]2CC(=O)N(Cc3ccccc3)C2)cc(C)c1Br. The molecule has 1 heterocycles. The van der Waals surface area contributed by atoms with Crippen LogP contribution < -0.4 is 5.32 Å². The maximum Gasteiger partial charge on any atom is 0.311 e. The van der Waals surface area contributed by atoms with Crippen molar-refractivity contribution in [1.82, 2.24) is 4.90 Å². The van der Waals surface area contributed by atoms with Gasteiger partial charge in [-0.1, -0.05) is 46.3 Å². The van der Waals surface area contributed by atoms with Gasteiger partial charge in [-0.05, 0) is 42.7 Å². The molecule has 1 N–H and O–H groups in total. The maximum absolute atomic E-state index is 12.3. The van der Waals surface area contributed by atoms with E-state index >= 15 is 0 Å². The molecule has 1 atom stereocenters. The molecule has 2 amide bonds. The van der Waals surface area contributed by atoms with Gasteiger partial charge in [0.05, 0.1) is 5.92 Å². The van der Waals surface area contributed by atoms with Crippen molar-refractivity contribution >= 4 is 39.4 Å². The van der Waals surface area contributed by atoms with Crippen molar-refractivity contribution in [3.63, 3.8) is 0 Å². The fourth-order valence-electron chi connectivity index (χ4n) is 3.36. The number of esters is 1. The first-order chi connectivity index (χ1) is 13.8. The average molecular weight is 459 g/mol. The van der Waals surface area contributed by atoms with Gasteiger partial charge in [-0.15, -0.1) is 0 Å². The van der Waals surface area contributed by atoms with E-state index in [9.17, 15) is 14.4 Å². The number of hydrogen-bond donors (Lipinski definition) is 1. The highest BCUT2D eigenvalue weighted by Gasteiger charge is 2.35. The second kappa shape index (κ2) is 9.22. The molecule has 0 aromatic heterocycles. The lowest BCUT2D eigenvalue weighted by molar-refractivity contribution is -0.151. The summed E-state index contributed by atoms with van der Waals surface area (Å²) in [6, 6.07) is 13.3. The minimum Gasteiger partial charge on any atom is -0.455 e. The minimum absolute atomic E-state index is 0.0823. The summed E-state index contributed by atoms with van der Waals surface area (Å²) in [6.45, 7) is 4.26. The van der Waals surface area contributed by atoms with Gasteiger partial charge in [0.15, 0.2) is 6.61 Å². The fourth-order valence-corrected chi connectivity index (χ4v) is 3.59. The highest BCUT2D eigenvalue weighted by atomic mass is 79.9. The Morgan fingerprint density at radius 1 is 1.17 bits per heavy atom. The number of halogens is 1. The van der Waals surface area contributed by atoms with E-state index in [-0.39, 0.29) is 18.9 Å². The Morgan fingerprint density at radius 2 is 1.83 bits per heavy atom. The average Bonchev–Trinajstić information content (AvgIpc) is 3.05. The van der Waals surface area contributed by atoms with Crippen LogP contribution in [0.15, 0.2) is 46.9 Å². The molecule has 3 rings (SSSR count). The molecular weight excluding hydrogens is 436 g/mol. The lowest BCUT2D eigenvalue weighted by atomic mass is 10.1. The van der Waals surface area contributed by atoms with E-state index in [2.05, 4.69) is 21.2 Å². The number of amides is 2. The van der Waals surface area contributed by atoms with Crippen LogP contribution in [0.3, 0.4) is 0 Å². The van der Waals surface area contributed by atoms with Crippen LogP contribution in [0, 0.1) is 19.8 Å². The zero-order valence-electron chi connectivity index (χ0n) is 16.4. The second-order valence-electron chi connectivity index (χ2n) is 7.24. The van der Waals surface area contributed by atoms with Crippen LogP contribution in [0.25, 0.3) is 0 Å². The summed E-state index contributed by atoms with van der Waals surface area (Å²) in [5.74, 6) is -1.56. The Labute approximate surface area is 178 Å². The number of carbonyl (C=O) groups excluding carboxylic acids is 3. The Kier molecular flexibility index (Phi) is 6.69. The highest BCUT2D eigenvalue weighted by molar-refractivity contribution is 9.10. The highest BCUT2D eigenvalue weighted by Crippen LogP contribution is 2.25. The first kappa shape index (κ1) is 21.0. The number of aryl methyl sites for hydroxylation is 2. The summed E-state index contributed by atoms with van der Waals surface area (Å²) in [5, 5.41) is 2.73. The summed E-state index contributed by atoms with van der Waals surface area (Å²) in [5.41, 5.74) is 3.66. The van der Waals surface area contributed by atoms with Gasteiger partial charge in [0.2, 0.25) is 5.91 Å². The monoisotopic (exact) mass is 458 g/mol. The zero-order chi connectivity index (χ0) is 21.0. The number of carbonyl (C=O) groups is 3. The van der Waals surface area contributed by atoms with E-state index in [1.807, 2.05) is 56.3 Å². The van der Waals surface area contributed by atoms with Crippen LogP contribution in [0.5, 0.6) is 0 Å². The van der Waals surface area contributed by atoms with Gasteiger partial charge < -0.3 is 15.0 Å². The van der Waals surface area contributed by atoms with Gasteiger partial charge >= 0.3 is 5.97 Å². The van der Waals surface area contributed by atoms with Crippen molar-refractivity contribution in [2.45, 2.75) is 26.8 Å². The number of ether oxygens (including phenoxy) is 1. The lowest BCUT2D eigenvalue weighted by Gasteiger charge is -2.16. The molecule has 1 aliphatic rings. The molecule has 0 unspecified atom stereocenters. The van der Waals surface area contributed by atoms with Crippen molar-refractivity contribution in [3.05, 3.63) is 63.6 Å². The molecule has 0 radical (unpaired) electrons. The van der Waals surface area contributed by atoms with Crippen LogP contribution in [-0.4, -0.2) is 35.8 Å². The third-order valence-electron chi connectivity index (χ3n) is 4.83. The standard InChI is InChI=1S/C22H23BrN2O4/c1-14-8-18(9-15(2)21(14)23)24-19(26)13-29-22(28)17-10-20(27)25(12-17)11-16-6-4-3-5-7-16/h3-9,17H,10-13H2,1-2H3,(H,24,26)/t17-/m0/s1. The molecule has 29 heavy (non-hydrogen) atoms. The number of nitrogens with one attached hydrogen (secondary N) is 1. The third-order valence-corrected chi connectivity index (χ3v) is 6.08. The topological polar surface area (TPSA) is 75.7 Å². The van der Waals surface area contributed by atoms with Crippen molar-refractivity contribution in [1.29, 1.82) is 0 Å². The lowest BCUT2D eigenvalue weighted by Crippen LogP contribution is -2.28. The maximum atomic E-state index is 12.3. The summed E-state index contributed by atoms with van der Waals surface area (Å²) >= 11 is 3.48. The molecular formula is C22H23BrN2O4. The van der Waals surface area contributed by atoms with Crippen molar-refractivity contribution < 1.29 is 19.1 Å². The normalized spacial score (nSPS) is 16.0. The largest absolute Gasteiger partial charge is 0.455 e. The Morgan fingerprint density at radius 3 is 2.48 bits per heavy atom. The van der Waals surface area contributed by atoms with E-state index in [1.165, 1.54) is 0 Å². The molecule has 1 aliphatic heterocycles. The number of likely N-dealkylation sites (tertiary alicyclic amines) is 1. The van der Waals surface area contributed by atoms with Gasteiger partial charge in [0.1, 0.15) is 0 Å². The van der Waals surface area contributed by atoms with E-state index in [0.29, 0.717) is 18.8 Å². The number of nitrogens with zero attached hydrogens (tertiary/aromatic N) is 1. The van der Waals surface area contributed by atoms with Crippen molar-refractivity contribution in [2.24, 2.45) is 5.92 Å². The third kappa shape index (κ3) is 5.44. The Bertz CT molecular complexity index is 907. The molecule has 0 aliphatic carbocycles. The van der Waals surface area contributed by atoms with E-state index < -0.39 is 17.8 Å². The first-order valence-electron chi connectivity index (χ1n) is 9.38. The Hall–Kier alpha value is -2.67. The predicted octanol–water partition coefficient (Wildman–Crippen LogP) is 3.60. The molecule has 0 bridgehead atoms. The van der Waals surface area contributed by atoms with Crippen LogP contribution in [0.4, 0.5) is 5.69 Å². The summed E-state index contributed by atoms with van der Waals surface area (Å²) in [6.07, 6.45) is 0.110.